The van der Waals surface area contributed by atoms with Crippen molar-refractivity contribution in [3.05, 3.63) is 58.9 Å². The topological polar surface area (TPSA) is 68.5 Å². The van der Waals surface area contributed by atoms with E-state index in [-0.39, 0.29) is 6.04 Å². The highest BCUT2D eigenvalue weighted by atomic mass is 16.5. The summed E-state index contributed by atoms with van der Waals surface area (Å²) in [4.78, 5) is 4.96. The fraction of sp³-hybridized carbons (Fsp3) is 0.519. The van der Waals surface area contributed by atoms with Crippen molar-refractivity contribution < 1.29 is 9.47 Å². The van der Waals surface area contributed by atoms with Crippen molar-refractivity contribution in [2.75, 3.05) is 45.3 Å². The van der Waals surface area contributed by atoms with Crippen LogP contribution in [0.2, 0.25) is 0 Å². The Hall–Kier alpha value is -3.13. The SMILES string of the molecule is COc1cccc(C(c2nnnn2CCC(C)C)N2CCN(c3cc(C)ccc3C)CC2)c1OC. The molecular weight excluding hydrogens is 440 g/mol. The predicted molar refractivity (Wildman–Crippen MR) is 138 cm³/mol. The first-order valence-electron chi connectivity index (χ1n) is 12.5. The first kappa shape index (κ1) is 25.0. The average molecular weight is 479 g/mol. The lowest BCUT2D eigenvalue weighted by Gasteiger charge is -2.40. The molecule has 1 aromatic heterocycles. The van der Waals surface area contributed by atoms with Crippen LogP contribution in [-0.4, -0.2) is 65.5 Å². The van der Waals surface area contributed by atoms with Crippen molar-refractivity contribution in [2.45, 2.75) is 46.7 Å². The van der Waals surface area contributed by atoms with Crippen molar-refractivity contribution in [1.82, 2.24) is 25.1 Å². The van der Waals surface area contributed by atoms with E-state index >= 15 is 0 Å². The molecule has 1 aliphatic heterocycles. The van der Waals surface area contributed by atoms with Crippen LogP contribution in [0.1, 0.15) is 48.8 Å². The number of para-hydroxylation sites is 1. The third kappa shape index (κ3) is 5.42. The largest absolute Gasteiger partial charge is 0.493 e. The number of aromatic nitrogens is 4. The summed E-state index contributed by atoms with van der Waals surface area (Å²) in [5.41, 5.74) is 4.94. The van der Waals surface area contributed by atoms with Crippen LogP contribution in [0.25, 0.3) is 0 Å². The van der Waals surface area contributed by atoms with Crippen molar-refractivity contribution >= 4 is 5.69 Å². The maximum atomic E-state index is 5.85. The number of hydrogen-bond acceptors (Lipinski definition) is 7. The highest BCUT2D eigenvalue weighted by Gasteiger charge is 2.33. The summed E-state index contributed by atoms with van der Waals surface area (Å²) in [6.07, 6.45) is 1.01. The first-order chi connectivity index (χ1) is 16.9. The van der Waals surface area contributed by atoms with Gasteiger partial charge in [0, 0.05) is 44.0 Å². The average Bonchev–Trinajstić information content (AvgIpc) is 3.32. The summed E-state index contributed by atoms with van der Waals surface area (Å²) in [5.74, 6) is 2.86. The molecule has 1 saturated heterocycles. The van der Waals surface area contributed by atoms with Gasteiger partial charge in [-0.15, -0.1) is 5.10 Å². The molecule has 8 nitrogen and oxygen atoms in total. The summed E-state index contributed by atoms with van der Waals surface area (Å²) < 4.78 is 13.4. The van der Waals surface area contributed by atoms with E-state index in [1.807, 2.05) is 16.8 Å². The van der Waals surface area contributed by atoms with E-state index < -0.39 is 0 Å². The zero-order chi connectivity index (χ0) is 24.9. The maximum Gasteiger partial charge on any atom is 0.173 e. The van der Waals surface area contributed by atoms with Crippen molar-refractivity contribution in [1.29, 1.82) is 0 Å². The lowest BCUT2D eigenvalue weighted by molar-refractivity contribution is 0.195. The summed E-state index contributed by atoms with van der Waals surface area (Å²) in [7, 11) is 3.37. The second-order valence-corrected chi connectivity index (χ2v) is 9.74. The summed E-state index contributed by atoms with van der Waals surface area (Å²) in [6.45, 7) is 13.2. The van der Waals surface area contributed by atoms with Crippen molar-refractivity contribution in [2.24, 2.45) is 5.92 Å². The van der Waals surface area contributed by atoms with Crippen molar-refractivity contribution in [3.63, 3.8) is 0 Å². The molecule has 188 valence electrons. The van der Waals surface area contributed by atoms with Gasteiger partial charge >= 0.3 is 0 Å². The Kier molecular flexibility index (Phi) is 7.90. The van der Waals surface area contributed by atoms with Gasteiger partial charge in [0.2, 0.25) is 0 Å². The molecule has 0 saturated carbocycles. The molecule has 1 fully saturated rings. The highest BCUT2D eigenvalue weighted by molar-refractivity contribution is 5.55. The normalized spacial score (nSPS) is 15.5. The number of benzene rings is 2. The van der Waals surface area contributed by atoms with E-state index in [1.165, 1.54) is 16.8 Å². The number of ether oxygens (including phenoxy) is 2. The fourth-order valence-electron chi connectivity index (χ4n) is 4.85. The van der Waals surface area contributed by atoms with Gasteiger partial charge in [-0.05, 0) is 59.9 Å². The van der Waals surface area contributed by atoms with Crippen LogP contribution >= 0.6 is 0 Å². The Balaban J connectivity index is 1.68. The van der Waals surface area contributed by atoms with Gasteiger partial charge in [0.05, 0.1) is 14.2 Å². The van der Waals surface area contributed by atoms with Gasteiger partial charge in [-0.25, -0.2) is 4.68 Å². The standard InChI is InChI=1S/C27H38N6O2/c1-19(2)12-13-33-27(28-29-30-33)25(22-8-7-9-24(34-5)26(22)35-6)32-16-14-31(15-17-32)23-18-20(3)10-11-21(23)4/h7-11,18-19,25H,12-17H2,1-6H3. The van der Waals surface area contributed by atoms with E-state index in [2.05, 4.69) is 77.3 Å². The molecule has 0 bridgehead atoms. The molecule has 4 rings (SSSR count). The van der Waals surface area contributed by atoms with Crippen LogP contribution in [0.5, 0.6) is 11.5 Å². The molecule has 35 heavy (non-hydrogen) atoms. The van der Waals surface area contributed by atoms with Crippen LogP contribution in [0, 0.1) is 19.8 Å². The highest BCUT2D eigenvalue weighted by Crippen LogP contribution is 2.40. The van der Waals surface area contributed by atoms with Gasteiger partial charge in [0.25, 0.3) is 0 Å². The molecule has 1 unspecified atom stereocenters. The van der Waals surface area contributed by atoms with E-state index in [0.29, 0.717) is 11.7 Å². The number of tetrazole rings is 1. The Bertz CT molecular complexity index is 1120. The number of rotatable bonds is 9. The predicted octanol–water partition coefficient (Wildman–Crippen LogP) is 4.26. The van der Waals surface area contributed by atoms with Crippen LogP contribution in [0.15, 0.2) is 36.4 Å². The molecule has 2 aromatic carbocycles. The molecule has 0 spiro atoms. The summed E-state index contributed by atoms with van der Waals surface area (Å²) in [6, 6.07) is 12.6. The van der Waals surface area contributed by atoms with Gasteiger partial charge in [-0.2, -0.15) is 0 Å². The second-order valence-electron chi connectivity index (χ2n) is 9.74. The molecule has 0 amide bonds. The molecule has 0 aliphatic carbocycles. The van der Waals surface area contributed by atoms with Crippen molar-refractivity contribution in [3.8, 4) is 11.5 Å². The Morgan fingerprint density at radius 1 is 0.971 bits per heavy atom. The minimum absolute atomic E-state index is 0.136. The van der Waals surface area contributed by atoms with Crippen LogP contribution < -0.4 is 14.4 Å². The van der Waals surface area contributed by atoms with Gasteiger partial charge in [0.1, 0.15) is 6.04 Å². The maximum absolute atomic E-state index is 5.85. The number of hydrogen-bond donors (Lipinski definition) is 0. The smallest absolute Gasteiger partial charge is 0.173 e. The van der Waals surface area contributed by atoms with Gasteiger partial charge < -0.3 is 14.4 Å². The minimum Gasteiger partial charge on any atom is -0.493 e. The molecule has 0 radical (unpaired) electrons. The van der Waals surface area contributed by atoms with E-state index in [4.69, 9.17) is 9.47 Å². The van der Waals surface area contributed by atoms with E-state index in [0.717, 1.165) is 56.3 Å². The summed E-state index contributed by atoms with van der Waals surface area (Å²) >= 11 is 0. The first-order valence-corrected chi connectivity index (χ1v) is 12.5. The fourth-order valence-corrected chi connectivity index (χ4v) is 4.85. The number of aryl methyl sites for hydroxylation is 3. The van der Waals surface area contributed by atoms with Crippen LogP contribution in [0.3, 0.4) is 0 Å². The molecule has 8 heteroatoms. The molecule has 1 aliphatic rings. The van der Waals surface area contributed by atoms with Gasteiger partial charge in [0.15, 0.2) is 17.3 Å². The van der Waals surface area contributed by atoms with E-state index in [9.17, 15) is 0 Å². The number of nitrogens with zero attached hydrogens (tertiary/aromatic N) is 6. The van der Waals surface area contributed by atoms with Gasteiger partial charge in [-0.3, -0.25) is 4.90 Å². The Morgan fingerprint density at radius 2 is 1.74 bits per heavy atom. The Labute approximate surface area is 208 Å². The lowest BCUT2D eigenvalue weighted by atomic mass is 10.0. The van der Waals surface area contributed by atoms with Gasteiger partial charge in [-0.1, -0.05) is 38.1 Å². The quantitative estimate of drug-likeness (QED) is 0.455. The van der Waals surface area contributed by atoms with Crippen LogP contribution in [-0.2, 0) is 6.54 Å². The third-order valence-corrected chi connectivity index (χ3v) is 6.84. The lowest BCUT2D eigenvalue weighted by Crippen LogP contribution is -2.48. The zero-order valence-electron chi connectivity index (χ0n) is 21.9. The minimum atomic E-state index is -0.136. The molecule has 1 atom stereocenters. The number of anilines is 1. The summed E-state index contributed by atoms with van der Waals surface area (Å²) in [5, 5.41) is 13.0. The van der Waals surface area contributed by atoms with E-state index in [1.54, 1.807) is 14.2 Å². The molecule has 2 heterocycles. The monoisotopic (exact) mass is 478 g/mol. The molecular formula is C27H38N6O2. The molecule has 0 N–H and O–H groups in total. The second kappa shape index (κ2) is 11.1. The Morgan fingerprint density at radius 3 is 2.43 bits per heavy atom. The van der Waals surface area contributed by atoms with Crippen LogP contribution in [0.4, 0.5) is 5.69 Å². The molecule has 3 aromatic rings. The third-order valence-electron chi connectivity index (χ3n) is 6.84. The number of piperazine rings is 1. The number of methoxy groups -OCH3 is 2. The zero-order valence-corrected chi connectivity index (χ0v) is 21.9.